The lowest BCUT2D eigenvalue weighted by Crippen LogP contribution is -2.43. The van der Waals surface area contributed by atoms with E-state index in [4.69, 9.17) is 0 Å². The molecule has 0 aliphatic heterocycles. The molecule has 1 saturated carbocycles. The first-order chi connectivity index (χ1) is 7.17. The summed E-state index contributed by atoms with van der Waals surface area (Å²) in [6.07, 6.45) is 1.33. The number of nitrogens with one attached hydrogen (secondary N) is 3. The van der Waals surface area contributed by atoms with E-state index in [2.05, 4.69) is 16.0 Å². The van der Waals surface area contributed by atoms with Gasteiger partial charge in [-0.05, 0) is 19.4 Å². The molecule has 0 aromatic rings. The van der Waals surface area contributed by atoms with Gasteiger partial charge in [-0.3, -0.25) is 9.59 Å². The Kier molecular flexibility index (Phi) is 6.36. The first kappa shape index (κ1) is 15.2. The molecule has 16 heavy (non-hydrogen) atoms. The normalized spacial score (nSPS) is 15.9. The molecular formula is C10H20ClN3O2. The molecule has 6 heteroatoms. The van der Waals surface area contributed by atoms with Gasteiger partial charge in [-0.15, -0.1) is 12.4 Å². The van der Waals surface area contributed by atoms with Gasteiger partial charge in [0.05, 0.1) is 0 Å². The molecule has 1 aliphatic carbocycles. The van der Waals surface area contributed by atoms with E-state index in [-0.39, 0.29) is 24.2 Å². The fourth-order valence-electron chi connectivity index (χ4n) is 1.53. The highest BCUT2D eigenvalue weighted by atomic mass is 35.5. The average Bonchev–Trinajstić information content (AvgIpc) is 3.04. The van der Waals surface area contributed by atoms with E-state index >= 15 is 0 Å². The Morgan fingerprint density at radius 1 is 1.19 bits per heavy atom. The van der Waals surface area contributed by atoms with E-state index in [9.17, 15) is 9.59 Å². The summed E-state index contributed by atoms with van der Waals surface area (Å²) >= 11 is 0. The van der Waals surface area contributed by atoms with Crippen LogP contribution in [0.4, 0.5) is 0 Å². The third kappa shape index (κ3) is 3.35. The molecule has 0 radical (unpaired) electrons. The molecule has 2 amide bonds. The van der Waals surface area contributed by atoms with Crippen LogP contribution in [-0.4, -0.2) is 38.5 Å². The second-order valence-electron chi connectivity index (χ2n) is 3.77. The average molecular weight is 250 g/mol. The zero-order chi connectivity index (χ0) is 11.3. The molecule has 0 bridgehead atoms. The zero-order valence-electron chi connectivity index (χ0n) is 9.76. The Balaban J connectivity index is 0.00000225. The van der Waals surface area contributed by atoms with E-state index in [1.165, 1.54) is 0 Å². The Hall–Kier alpha value is -0.810. The third-order valence-electron chi connectivity index (χ3n) is 2.68. The van der Waals surface area contributed by atoms with Crippen LogP contribution in [0.15, 0.2) is 0 Å². The Morgan fingerprint density at radius 2 is 1.81 bits per heavy atom. The van der Waals surface area contributed by atoms with Gasteiger partial charge in [0.1, 0.15) is 5.41 Å². The molecule has 0 saturated heterocycles. The van der Waals surface area contributed by atoms with Gasteiger partial charge >= 0.3 is 0 Å². The lowest BCUT2D eigenvalue weighted by atomic mass is 10.1. The molecule has 0 heterocycles. The van der Waals surface area contributed by atoms with Gasteiger partial charge < -0.3 is 16.0 Å². The Morgan fingerprint density at radius 3 is 2.25 bits per heavy atom. The van der Waals surface area contributed by atoms with Gasteiger partial charge in [0, 0.05) is 20.1 Å². The standard InChI is InChI=1S/C10H19N3O2.ClH/c1-3-12-6-7-13-9(15)10(4-5-10)8(14)11-2;/h12H,3-7H2,1-2H3,(H,11,14)(H,13,15);1H. The number of hydrogen-bond acceptors (Lipinski definition) is 3. The highest BCUT2D eigenvalue weighted by molar-refractivity contribution is 6.07. The molecule has 0 aromatic heterocycles. The van der Waals surface area contributed by atoms with Crippen molar-refractivity contribution in [1.82, 2.24) is 16.0 Å². The van der Waals surface area contributed by atoms with Crippen molar-refractivity contribution in [3.63, 3.8) is 0 Å². The van der Waals surface area contributed by atoms with Crippen LogP contribution >= 0.6 is 12.4 Å². The van der Waals surface area contributed by atoms with Crippen molar-refractivity contribution in [3.05, 3.63) is 0 Å². The summed E-state index contributed by atoms with van der Waals surface area (Å²) in [6.45, 7) is 4.21. The van der Waals surface area contributed by atoms with Crippen LogP contribution in [0.1, 0.15) is 19.8 Å². The van der Waals surface area contributed by atoms with Crippen molar-refractivity contribution < 1.29 is 9.59 Å². The molecular weight excluding hydrogens is 230 g/mol. The maximum Gasteiger partial charge on any atom is 0.235 e. The highest BCUT2D eigenvalue weighted by Gasteiger charge is 2.55. The molecule has 1 fully saturated rings. The monoisotopic (exact) mass is 249 g/mol. The minimum Gasteiger partial charge on any atom is -0.358 e. The highest BCUT2D eigenvalue weighted by Crippen LogP contribution is 2.45. The largest absolute Gasteiger partial charge is 0.358 e. The number of hydrogen-bond donors (Lipinski definition) is 3. The number of carbonyl (C=O) groups excluding carboxylic acids is 2. The van der Waals surface area contributed by atoms with Crippen LogP contribution in [-0.2, 0) is 9.59 Å². The van der Waals surface area contributed by atoms with Crippen molar-refractivity contribution in [1.29, 1.82) is 0 Å². The Bertz CT molecular complexity index is 254. The molecule has 94 valence electrons. The first-order valence-corrected chi connectivity index (χ1v) is 5.38. The lowest BCUT2D eigenvalue weighted by molar-refractivity contribution is -0.136. The molecule has 0 unspecified atom stereocenters. The quantitative estimate of drug-likeness (QED) is 0.446. The van der Waals surface area contributed by atoms with E-state index in [1.54, 1.807) is 7.05 Å². The van der Waals surface area contributed by atoms with E-state index < -0.39 is 5.41 Å². The van der Waals surface area contributed by atoms with Crippen molar-refractivity contribution in [2.45, 2.75) is 19.8 Å². The first-order valence-electron chi connectivity index (χ1n) is 5.38. The molecule has 1 aliphatic rings. The van der Waals surface area contributed by atoms with Gasteiger partial charge in [0.2, 0.25) is 11.8 Å². The molecule has 0 atom stereocenters. The third-order valence-corrected chi connectivity index (χ3v) is 2.68. The van der Waals surface area contributed by atoms with Crippen LogP contribution in [0, 0.1) is 5.41 Å². The van der Waals surface area contributed by atoms with Crippen LogP contribution in [0.3, 0.4) is 0 Å². The van der Waals surface area contributed by atoms with Crippen LogP contribution in [0.5, 0.6) is 0 Å². The van der Waals surface area contributed by atoms with Gasteiger partial charge in [0.25, 0.3) is 0 Å². The minimum atomic E-state index is -0.763. The smallest absolute Gasteiger partial charge is 0.235 e. The fraction of sp³-hybridized carbons (Fsp3) is 0.800. The SMILES string of the molecule is CCNCCNC(=O)C1(C(=O)NC)CC1.Cl. The molecule has 0 spiro atoms. The summed E-state index contributed by atoms with van der Waals surface area (Å²) < 4.78 is 0. The molecule has 1 rings (SSSR count). The van der Waals surface area contributed by atoms with E-state index in [0.29, 0.717) is 19.4 Å². The summed E-state index contributed by atoms with van der Waals surface area (Å²) in [6, 6.07) is 0. The predicted octanol–water partition coefficient (Wildman–Crippen LogP) is -0.340. The minimum absolute atomic E-state index is 0. The summed E-state index contributed by atoms with van der Waals surface area (Å²) in [5.41, 5.74) is -0.763. The summed E-state index contributed by atoms with van der Waals surface area (Å²) in [5, 5.41) is 8.41. The maximum absolute atomic E-state index is 11.7. The van der Waals surface area contributed by atoms with Gasteiger partial charge in [-0.2, -0.15) is 0 Å². The van der Waals surface area contributed by atoms with Gasteiger partial charge in [-0.25, -0.2) is 0 Å². The van der Waals surface area contributed by atoms with Crippen LogP contribution < -0.4 is 16.0 Å². The molecule has 5 nitrogen and oxygen atoms in total. The summed E-state index contributed by atoms with van der Waals surface area (Å²) in [4.78, 5) is 23.1. The number of rotatable bonds is 6. The Labute approximate surface area is 102 Å². The van der Waals surface area contributed by atoms with Crippen molar-refractivity contribution in [2.24, 2.45) is 5.41 Å². The van der Waals surface area contributed by atoms with E-state index in [0.717, 1.165) is 13.1 Å². The molecule has 0 aromatic carbocycles. The van der Waals surface area contributed by atoms with Gasteiger partial charge in [-0.1, -0.05) is 6.92 Å². The molecule has 3 N–H and O–H groups in total. The summed E-state index contributed by atoms with van der Waals surface area (Å²) in [7, 11) is 1.56. The topological polar surface area (TPSA) is 70.2 Å². The maximum atomic E-state index is 11.7. The number of halogens is 1. The fourth-order valence-corrected chi connectivity index (χ4v) is 1.53. The van der Waals surface area contributed by atoms with Crippen LogP contribution in [0.25, 0.3) is 0 Å². The second kappa shape index (κ2) is 6.70. The second-order valence-corrected chi connectivity index (χ2v) is 3.77. The van der Waals surface area contributed by atoms with E-state index in [1.807, 2.05) is 6.92 Å². The zero-order valence-corrected chi connectivity index (χ0v) is 10.6. The summed E-state index contributed by atoms with van der Waals surface area (Å²) in [5.74, 6) is -0.303. The predicted molar refractivity (Wildman–Crippen MR) is 64.5 cm³/mol. The number of amides is 2. The number of carbonyl (C=O) groups is 2. The van der Waals surface area contributed by atoms with Crippen molar-refractivity contribution in [2.75, 3.05) is 26.7 Å². The van der Waals surface area contributed by atoms with Crippen molar-refractivity contribution in [3.8, 4) is 0 Å². The van der Waals surface area contributed by atoms with Crippen LogP contribution in [0.2, 0.25) is 0 Å². The lowest BCUT2D eigenvalue weighted by Gasteiger charge is -2.13. The van der Waals surface area contributed by atoms with Crippen molar-refractivity contribution >= 4 is 24.2 Å². The number of likely N-dealkylation sites (N-methyl/N-ethyl adjacent to an activating group) is 1. The van der Waals surface area contributed by atoms with Gasteiger partial charge in [0.15, 0.2) is 0 Å².